The second kappa shape index (κ2) is 6.85. The Morgan fingerprint density at radius 2 is 1.95 bits per heavy atom. The Morgan fingerprint density at radius 3 is 2.58 bits per heavy atom. The van der Waals surface area contributed by atoms with E-state index in [-0.39, 0.29) is 5.78 Å². The fraction of sp³-hybridized carbons (Fsp3) is 0.588. The lowest BCUT2D eigenvalue weighted by Gasteiger charge is -2.31. The molecule has 0 amide bonds. The van der Waals surface area contributed by atoms with Crippen LogP contribution < -0.4 is 0 Å². The molecule has 19 heavy (non-hydrogen) atoms. The van der Waals surface area contributed by atoms with E-state index in [0.717, 1.165) is 30.1 Å². The zero-order chi connectivity index (χ0) is 13.7. The summed E-state index contributed by atoms with van der Waals surface area (Å²) < 4.78 is 0. The summed E-state index contributed by atoms with van der Waals surface area (Å²) >= 11 is 0. The fourth-order valence-electron chi connectivity index (χ4n) is 3.02. The number of aryl methyl sites for hydroxylation is 1. The van der Waals surface area contributed by atoms with Gasteiger partial charge in [-0.2, -0.15) is 0 Å². The Labute approximate surface area is 116 Å². The van der Waals surface area contributed by atoms with E-state index in [0.29, 0.717) is 6.54 Å². The van der Waals surface area contributed by atoms with E-state index in [2.05, 4.69) is 11.8 Å². The van der Waals surface area contributed by atoms with Gasteiger partial charge < -0.3 is 0 Å². The molecule has 2 nitrogen and oxygen atoms in total. The van der Waals surface area contributed by atoms with Gasteiger partial charge in [0.2, 0.25) is 0 Å². The third-order valence-electron chi connectivity index (χ3n) is 4.22. The second-order valence-corrected chi connectivity index (χ2v) is 5.75. The fourth-order valence-corrected chi connectivity index (χ4v) is 3.02. The molecule has 0 bridgehead atoms. The van der Waals surface area contributed by atoms with Crippen molar-refractivity contribution >= 4 is 5.78 Å². The highest BCUT2D eigenvalue weighted by Gasteiger charge is 2.21. The molecule has 1 fully saturated rings. The second-order valence-electron chi connectivity index (χ2n) is 5.75. The summed E-state index contributed by atoms with van der Waals surface area (Å²) in [5.41, 5.74) is 1.98. The van der Waals surface area contributed by atoms with Gasteiger partial charge in [0.25, 0.3) is 0 Å². The van der Waals surface area contributed by atoms with Crippen LogP contribution in [0.2, 0.25) is 0 Å². The molecule has 1 heterocycles. The zero-order valence-corrected chi connectivity index (χ0v) is 12.2. The maximum atomic E-state index is 12.3. The van der Waals surface area contributed by atoms with Crippen molar-refractivity contribution in [3.63, 3.8) is 0 Å². The first kappa shape index (κ1) is 14.3. The molecule has 2 heteroatoms. The molecule has 1 aromatic rings. The van der Waals surface area contributed by atoms with Gasteiger partial charge in [-0.1, -0.05) is 44.0 Å². The first-order valence-corrected chi connectivity index (χ1v) is 7.52. The van der Waals surface area contributed by atoms with Gasteiger partial charge in [0.1, 0.15) is 0 Å². The van der Waals surface area contributed by atoms with Crippen LogP contribution in [-0.2, 0) is 0 Å². The molecular weight excluding hydrogens is 234 g/mol. The van der Waals surface area contributed by atoms with Crippen molar-refractivity contribution in [2.75, 3.05) is 19.6 Å². The van der Waals surface area contributed by atoms with E-state index in [1.807, 2.05) is 31.2 Å². The molecule has 1 saturated heterocycles. The van der Waals surface area contributed by atoms with Gasteiger partial charge in [0.05, 0.1) is 6.54 Å². The number of ketones is 1. The maximum absolute atomic E-state index is 12.3. The summed E-state index contributed by atoms with van der Waals surface area (Å²) in [6, 6.07) is 7.90. The topological polar surface area (TPSA) is 20.3 Å². The minimum atomic E-state index is 0.270. The van der Waals surface area contributed by atoms with Crippen LogP contribution in [0.4, 0.5) is 0 Å². The Morgan fingerprint density at radius 1 is 1.26 bits per heavy atom. The van der Waals surface area contributed by atoms with Crippen LogP contribution in [0, 0.1) is 12.8 Å². The highest BCUT2D eigenvalue weighted by atomic mass is 16.1. The number of rotatable bonds is 5. The van der Waals surface area contributed by atoms with E-state index in [4.69, 9.17) is 0 Å². The number of carbonyl (C=O) groups is 1. The first-order valence-electron chi connectivity index (χ1n) is 7.52. The predicted molar refractivity (Wildman–Crippen MR) is 79.6 cm³/mol. The van der Waals surface area contributed by atoms with Gasteiger partial charge in [-0.05, 0) is 44.3 Å². The van der Waals surface area contributed by atoms with Gasteiger partial charge in [0, 0.05) is 5.56 Å². The van der Waals surface area contributed by atoms with Crippen molar-refractivity contribution in [2.45, 2.75) is 39.5 Å². The molecule has 0 spiro atoms. The molecule has 0 atom stereocenters. The van der Waals surface area contributed by atoms with Crippen molar-refractivity contribution in [3.05, 3.63) is 35.4 Å². The van der Waals surface area contributed by atoms with Crippen LogP contribution in [0.15, 0.2) is 24.3 Å². The van der Waals surface area contributed by atoms with Gasteiger partial charge in [-0.25, -0.2) is 0 Å². The predicted octanol–water partition coefficient (Wildman–Crippen LogP) is 3.69. The van der Waals surface area contributed by atoms with Gasteiger partial charge >= 0.3 is 0 Å². The highest BCUT2D eigenvalue weighted by molar-refractivity contribution is 5.98. The molecule has 0 unspecified atom stereocenters. The molecule has 0 N–H and O–H groups in total. The first-order chi connectivity index (χ1) is 9.20. The number of Topliss-reactive ketones (excluding diaryl/α,β-unsaturated/α-hetero) is 1. The molecule has 0 aliphatic carbocycles. The lowest BCUT2D eigenvalue weighted by Crippen LogP contribution is -2.37. The molecule has 2 rings (SSSR count). The van der Waals surface area contributed by atoms with Gasteiger partial charge in [-0.3, -0.25) is 9.69 Å². The summed E-state index contributed by atoms with van der Waals surface area (Å²) in [5, 5.41) is 0. The molecule has 0 aromatic heterocycles. The molecule has 1 aromatic carbocycles. The van der Waals surface area contributed by atoms with Gasteiger partial charge in [-0.15, -0.1) is 0 Å². The zero-order valence-electron chi connectivity index (χ0n) is 12.2. The quantitative estimate of drug-likeness (QED) is 0.752. The van der Waals surface area contributed by atoms with E-state index in [1.54, 1.807) is 0 Å². The summed E-state index contributed by atoms with van der Waals surface area (Å²) in [7, 11) is 0. The summed E-state index contributed by atoms with van der Waals surface area (Å²) in [6.07, 6.45) is 5.15. The SMILES string of the molecule is CCCC1CCN(CC(=O)c2ccccc2C)CC1. The van der Waals surface area contributed by atoms with Crippen LogP contribution in [0.3, 0.4) is 0 Å². The van der Waals surface area contributed by atoms with E-state index < -0.39 is 0 Å². The number of benzene rings is 1. The number of hydrogen-bond donors (Lipinski definition) is 0. The third kappa shape index (κ3) is 3.90. The average molecular weight is 259 g/mol. The van der Waals surface area contributed by atoms with Gasteiger partial charge in [0.15, 0.2) is 5.78 Å². The minimum Gasteiger partial charge on any atom is -0.296 e. The van der Waals surface area contributed by atoms with Crippen LogP contribution in [0.5, 0.6) is 0 Å². The minimum absolute atomic E-state index is 0.270. The lowest BCUT2D eigenvalue weighted by molar-refractivity contribution is 0.0892. The standard InChI is InChI=1S/C17H25NO/c1-3-6-15-9-11-18(12-10-15)13-17(19)16-8-5-4-7-14(16)2/h4-5,7-8,15H,3,6,9-13H2,1-2H3. The van der Waals surface area contributed by atoms with Crippen molar-refractivity contribution < 1.29 is 4.79 Å². The van der Waals surface area contributed by atoms with Crippen LogP contribution in [0.25, 0.3) is 0 Å². The Kier molecular flexibility index (Phi) is 5.15. The van der Waals surface area contributed by atoms with E-state index >= 15 is 0 Å². The van der Waals surface area contributed by atoms with E-state index in [9.17, 15) is 4.79 Å². The van der Waals surface area contributed by atoms with Crippen molar-refractivity contribution in [2.24, 2.45) is 5.92 Å². The lowest BCUT2D eigenvalue weighted by atomic mass is 9.92. The number of likely N-dealkylation sites (tertiary alicyclic amines) is 1. The maximum Gasteiger partial charge on any atom is 0.177 e. The van der Waals surface area contributed by atoms with Crippen molar-refractivity contribution in [1.29, 1.82) is 0 Å². The Bertz CT molecular complexity index is 419. The molecular formula is C17H25NO. The summed E-state index contributed by atoms with van der Waals surface area (Å²) in [6.45, 7) is 7.03. The van der Waals surface area contributed by atoms with Crippen LogP contribution in [-0.4, -0.2) is 30.3 Å². The molecule has 0 saturated carbocycles. The number of carbonyl (C=O) groups excluding carboxylic acids is 1. The number of piperidine rings is 1. The van der Waals surface area contributed by atoms with Crippen LogP contribution in [0.1, 0.15) is 48.5 Å². The third-order valence-corrected chi connectivity index (χ3v) is 4.22. The van der Waals surface area contributed by atoms with E-state index in [1.165, 1.54) is 25.7 Å². The number of hydrogen-bond acceptors (Lipinski definition) is 2. The van der Waals surface area contributed by atoms with Crippen molar-refractivity contribution in [1.82, 2.24) is 4.90 Å². The molecule has 104 valence electrons. The highest BCUT2D eigenvalue weighted by Crippen LogP contribution is 2.22. The molecule has 1 aliphatic heterocycles. The number of nitrogens with zero attached hydrogens (tertiary/aromatic N) is 1. The van der Waals surface area contributed by atoms with Crippen molar-refractivity contribution in [3.8, 4) is 0 Å². The normalized spacial score (nSPS) is 17.6. The van der Waals surface area contributed by atoms with Crippen LogP contribution >= 0.6 is 0 Å². The Hall–Kier alpha value is -1.15. The average Bonchev–Trinajstić information content (AvgIpc) is 2.42. The summed E-state index contributed by atoms with van der Waals surface area (Å²) in [4.78, 5) is 14.6. The smallest absolute Gasteiger partial charge is 0.177 e. The molecule has 1 aliphatic rings. The monoisotopic (exact) mass is 259 g/mol. The molecule has 0 radical (unpaired) electrons. The Balaban J connectivity index is 1.86. The summed E-state index contributed by atoms with van der Waals surface area (Å²) in [5.74, 6) is 1.15. The largest absolute Gasteiger partial charge is 0.296 e.